The number of hydrogen-bond donors (Lipinski definition) is 1. The summed E-state index contributed by atoms with van der Waals surface area (Å²) < 4.78 is 5.08. The van der Waals surface area contributed by atoms with Crippen molar-refractivity contribution < 1.29 is 19.5 Å². The smallest absolute Gasteiger partial charge is 0.399 e. The van der Waals surface area contributed by atoms with Crippen LogP contribution in [0.25, 0.3) is 0 Å². The number of hydrogen-bond acceptors (Lipinski definition) is 4. The van der Waals surface area contributed by atoms with E-state index in [1.54, 1.807) is 19.1 Å². The number of esters is 1. The fraction of sp³-hybridized carbons (Fsp3) is 0.222. The van der Waals surface area contributed by atoms with E-state index in [1.165, 1.54) is 12.3 Å². The van der Waals surface area contributed by atoms with E-state index in [9.17, 15) is 14.8 Å². The topological polar surface area (TPSA) is 80.9 Å². The first-order valence-corrected chi connectivity index (χ1v) is 4.28. The Morgan fingerprint density at radius 1 is 1.53 bits per heavy atom. The zero-order valence-corrected chi connectivity index (χ0v) is 8.08. The first-order chi connectivity index (χ1) is 7.15. The summed E-state index contributed by atoms with van der Waals surface area (Å²) in [6.07, 6.45) is 1.29. The predicted octanol–water partition coefficient (Wildman–Crippen LogP) is -0.284. The molecule has 0 aliphatic carbocycles. The lowest BCUT2D eigenvalue weighted by Gasteiger charge is -1.97. The van der Waals surface area contributed by atoms with Gasteiger partial charge in [0.15, 0.2) is 5.49 Å². The van der Waals surface area contributed by atoms with Crippen molar-refractivity contribution in [2.24, 2.45) is 4.99 Å². The van der Waals surface area contributed by atoms with E-state index in [1.807, 2.05) is 0 Å². The zero-order valence-electron chi connectivity index (χ0n) is 8.08. The number of rotatable bonds is 1. The molecule has 80 valence electrons. The summed E-state index contributed by atoms with van der Waals surface area (Å²) in [5.74, 6) is -2.09. The van der Waals surface area contributed by atoms with Crippen molar-refractivity contribution in [3.05, 3.63) is 29.9 Å². The number of nitrogens with zero attached hydrogens (tertiary/aromatic N) is 2. The maximum Gasteiger partial charge on any atom is 0.399 e. The second kappa shape index (κ2) is 4.94. The molecule has 0 aromatic carbocycles. The first kappa shape index (κ1) is 11.0. The van der Waals surface area contributed by atoms with Gasteiger partial charge in [-0.05, 0) is 19.1 Å². The number of pyridine rings is 1. The molecule has 0 atom stereocenters. The van der Waals surface area contributed by atoms with Crippen LogP contribution in [0.1, 0.15) is 6.92 Å². The van der Waals surface area contributed by atoms with Gasteiger partial charge < -0.3 is 9.94 Å². The monoisotopic (exact) mass is 210 g/mol. The Labute approximate surface area is 85.4 Å². The number of ether oxygens (including phenoxy) is 1. The number of carbonyl (C=O) groups excluding carboxylic acids is 2. The molecule has 1 rings (SSSR count). The quantitative estimate of drug-likeness (QED) is 0.392. The van der Waals surface area contributed by atoms with E-state index in [4.69, 9.17) is 0 Å². The standard InChI is InChI=1S/C9H10N2O4/c1-2-15-9(13)8(12)10-7-5-3-4-6-11(7)14/h3-6,14H,2H2,1H3. The lowest BCUT2D eigenvalue weighted by atomic mass is 10.5. The van der Waals surface area contributed by atoms with Gasteiger partial charge in [-0.15, -0.1) is 0 Å². The van der Waals surface area contributed by atoms with Crippen molar-refractivity contribution in [1.82, 2.24) is 4.73 Å². The van der Waals surface area contributed by atoms with Crippen LogP contribution in [0.3, 0.4) is 0 Å². The van der Waals surface area contributed by atoms with E-state index in [0.717, 1.165) is 0 Å². The fourth-order valence-corrected chi connectivity index (χ4v) is 0.857. The second-order valence-corrected chi connectivity index (χ2v) is 2.54. The summed E-state index contributed by atoms with van der Waals surface area (Å²) in [5.41, 5.74) is -0.0319. The van der Waals surface area contributed by atoms with E-state index >= 15 is 0 Å². The first-order valence-electron chi connectivity index (χ1n) is 4.28. The van der Waals surface area contributed by atoms with E-state index in [0.29, 0.717) is 4.73 Å². The Morgan fingerprint density at radius 2 is 2.27 bits per heavy atom. The molecule has 0 aliphatic rings. The lowest BCUT2D eigenvalue weighted by Crippen LogP contribution is -2.23. The molecule has 0 aliphatic heterocycles. The minimum atomic E-state index is -1.05. The number of aromatic nitrogens is 1. The molecule has 0 unspecified atom stereocenters. The van der Waals surface area contributed by atoms with Crippen LogP contribution in [0.5, 0.6) is 0 Å². The van der Waals surface area contributed by atoms with Crippen LogP contribution in [0.4, 0.5) is 0 Å². The molecule has 15 heavy (non-hydrogen) atoms. The van der Waals surface area contributed by atoms with Gasteiger partial charge in [-0.1, -0.05) is 6.07 Å². The van der Waals surface area contributed by atoms with Crippen molar-refractivity contribution in [2.75, 3.05) is 6.61 Å². The molecule has 0 saturated carbocycles. The average Bonchev–Trinajstić information content (AvgIpc) is 2.21. The van der Waals surface area contributed by atoms with Gasteiger partial charge in [0.05, 0.1) is 6.61 Å². The van der Waals surface area contributed by atoms with Crippen molar-refractivity contribution in [2.45, 2.75) is 6.92 Å². The summed E-state index contributed by atoms with van der Waals surface area (Å²) in [7, 11) is 0. The third-order valence-corrected chi connectivity index (χ3v) is 1.48. The zero-order chi connectivity index (χ0) is 11.3. The van der Waals surface area contributed by atoms with Gasteiger partial charge in [0.1, 0.15) is 0 Å². The Hall–Kier alpha value is -2.11. The molecule has 0 bridgehead atoms. The van der Waals surface area contributed by atoms with Gasteiger partial charge in [0.25, 0.3) is 0 Å². The van der Waals surface area contributed by atoms with Gasteiger partial charge in [-0.25, -0.2) is 4.79 Å². The summed E-state index contributed by atoms with van der Waals surface area (Å²) in [6, 6.07) is 4.51. The van der Waals surface area contributed by atoms with Crippen molar-refractivity contribution in [1.29, 1.82) is 0 Å². The van der Waals surface area contributed by atoms with Crippen LogP contribution in [-0.4, -0.2) is 28.4 Å². The highest BCUT2D eigenvalue weighted by Crippen LogP contribution is 1.83. The van der Waals surface area contributed by atoms with Crippen LogP contribution in [0.15, 0.2) is 29.4 Å². The summed E-state index contributed by atoms with van der Waals surface area (Å²) in [5, 5.41) is 9.19. The average molecular weight is 210 g/mol. The molecule has 0 saturated heterocycles. The Balaban J connectivity index is 2.93. The molecule has 0 radical (unpaired) electrons. The molecular weight excluding hydrogens is 200 g/mol. The molecule has 1 aromatic rings. The highest BCUT2D eigenvalue weighted by atomic mass is 16.5. The Morgan fingerprint density at radius 3 is 2.87 bits per heavy atom. The lowest BCUT2D eigenvalue weighted by molar-refractivity contribution is -0.153. The highest BCUT2D eigenvalue weighted by Gasteiger charge is 2.12. The Bertz CT molecular complexity index is 436. The minimum absolute atomic E-state index is 0.0319. The maximum absolute atomic E-state index is 11.1. The molecule has 6 heteroatoms. The summed E-state index contributed by atoms with van der Waals surface area (Å²) >= 11 is 0. The molecular formula is C9H10N2O4. The van der Waals surface area contributed by atoms with Gasteiger partial charge in [-0.2, -0.15) is 9.72 Å². The van der Waals surface area contributed by atoms with Crippen LogP contribution in [0, 0.1) is 0 Å². The van der Waals surface area contributed by atoms with E-state index in [-0.39, 0.29) is 12.1 Å². The maximum atomic E-state index is 11.1. The fourth-order valence-electron chi connectivity index (χ4n) is 0.857. The van der Waals surface area contributed by atoms with Gasteiger partial charge in [0, 0.05) is 6.20 Å². The normalized spacial score (nSPS) is 11.1. The second-order valence-electron chi connectivity index (χ2n) is 2.54. The summed E-state index contributed by atoms with van der Waals surface area (Å²) in [6.45, 7) is 1.69. The largest absolute Gasteiger partial charge is 0.459 e. The molecule has 1 N–H and O–H groups in total. The molecule has 0 spiro atoms. The predicted molar refractivity (Wildman–Crippen MR) is 48.8 cm³/mol. The number of amides is 1. The summed E-state index contributed by atoms with van der Waals surface area (Å²) in [4.78, 5) is 25.4. The third kappa shape index (κ3) is 2.94. The van der Waals surface area contributed by atoms with Crippen LogP contribution in [0.2, 0.25) is 0 Å². The molecule has 1 aromatic heterocycles. The van der Waals surface area contributed by atoms with Crippen molar-refractivity contribution in [3.8, 4) is 0 Å². The van der Waals surface area contributed by atoms with Gasteiger partial charge in [0.2, 0.25) is 0 Å². The van der Waals surface area contributed by atoms with Crippen LogP contribution in [-0.2, 0) is 14.3 Å². The van der Waals surface area contributed by atoms with Crippen LogP contribution >= 0.6 is 0 Å². The minimum Gasteiger partial charge on any atom is -0.459 e. The Kier molecular flexibility index (Phi) is 3.61. The number of carbonyl (C=O) groups is 2. The van der Waals surface area contributed by atoms with Crippen molar-refractivity contribution in [3.63, 3.8) is 0 Å². The van der Waals surface area contributed by atoms with Gasteiger partial charge in [-0.3, -0.25) is 4.79 Å². The SMILES string of the molecule is CCOC(=O)C(=O)N=c1ccccn1O. The van der Waals surface area contributed by atoms with Gasteiger partial charge >= 0.3 is 11.9 Å². The van der Waals surface area contributed by atoms with E-state index in [2.05, 4.69) is 9.73 Å². The molecule has 0 fully saturated rings. The van der Waals surface area contributed by atoms with Crippen molar-refractivity contribution >= 4 is 11.9 Å². The third-order valence-electron chi connectivity index (χ3n) is 1.48. The molecule has 1 amide bonds. The molecule has 1 heterocycles. The van der Waals surface area contributed by atoms with E-state index < -0.39 is 11.9 Å². The molecule has 6 nitrogen and oxygen atoms in total. The highest BCUT2D eigenvalue weighted by molar-refractivity contribution is 6.32. The van der Waals surface area contributed by atoms with Crippen LogP contribution < -0.4 is 5.49 Å².